The molecule has 1 aromatic carbocycles. The fourth-order valence-electron chi connectivity index (χ4n) is 2.13. The fraction of sp³-hybridized carbons (Fsp3) is 0.471. The van der Waals surface area contributed by atoms with Gasteiger partial charge in [-0.2, -0.15) is 0 Å². The standard InChI is InChI=1S/C17H24NO4P/c1-14(15-8-6-5-7-9-15)10-18(4)16(19)11-23(20)21-12-17(2,3)13-22-23/h5-10H,11-13H2,1-4H3/b14-10+. The second kappa shape index (κ2) is 7.00. The molecule has 5 nitrogen and oxygen atoms in total. The molecule has 0 aromatic heterocycles. The zero-order chi connectivity index (χ0) is 17.1. The average molecular weight is 337 g/mol. The number of allylic oxidation sites excluding steroid dienone is 1. The van der Waals surface area contributed by atoms with Gasteiger partial charge in [0.05, 0.1) is 13.2 Å². The SMILES string of the molecule is C/C(=C\N(C)C(=O)CP1(=O)OCC(C)(C)CO1)c1ccccc1. The van der Waals surface area contributed by atoms with Crippen molar-refractivity contribution >= 4 is 19.1 Å². The lowest BCUT2D eigenvalue weighted by Gasteiger charge is -2.34. The number of benzene rings is 1. The summed E-state index contributed by atoms with van der Waals surface area (Å²) in [6.07, 6.45) is 1.50. The normalized spacial score (nSPS) is 20.1. The molecule has 1 fully saturated rings. The van der Waals surface area contributed by atoms with Gasteiger partial charge in [0.25, 0.3) is 0 Å². The first kappa shape index (κ1) is 17.9. The van der Waals surface area contributed by atoms with Gasteiger partial charge < -0.3 is 13.9 Å². The van der Waals surface area contributed by atoms with E-state index in [9.17, 15) is 9.36 Å². The minimum absolute atomic E-state index is 0.174. The number of hydrogen-bond donors (Lipinski definition) is 0. The van der Waals surface area contributed by atoms with Crippen molar-refractivity contribution in [3.05, 3.63) is 42.1 Å². The summed E-state index contributed by atoms with van der Waals surface area (Å²) in [5.41, 5.74) is 1.81. The monoisotopic (exact) mass is 337 g/mol. The van der Waals surface area contributed by atoms with Gasteiger partial charge in [-0.25, -0.2) is 0 Å². The van der Waals surface area contributed by atoms with Gasteiger partial charge in [-0.3, -0.25) is 9.36 Å². The molecule has 0 radical (unpaired) electrons. The van der Waals surface area contributed by atoms with E-state index in [2.05, 4.69) is 0 Å². The molecule has 1 aromatic rings. The van der Waals surface area contributed by atoms with E-state index in [1.165, 1.54) is 4.90 Å². The van der Waals surface area contributed by atoms with Gasteiger partial charge in [0, 0.05) is 18.7 Å². The van der Waals surface area contributed by atoms with Crippen molar-refractivity contribution in [3.8, 4) is 0 Å². The number of carbonyl (C=O) groups excluding carboxylic acids is 1. The average Bonchev–Trinajstić information content (AvgIpc) is 2.51. The Hall–Kier alpha value is -1.42. The van der Waals surface area contributed by atoms with Crippen LogP contribution in [0.15, 0.2) is 36.5 Å². The Morgan fingerprint density at radius 3 is 2.39 bits per heavy atom. The highest BCUT2D eigenvalue weighted by molar-refractivity contribution is 7.54. The van der Waals surface area contributed by atoms with Crippen LogP contribution in [0.2, 0.25) is 0 Å². The molecule has 23 heavy (non-hydrogen) atoms. The van der Waals surface area contributed by atoms with Crippen LogP contribution in [-0.2, 0) is 18.4 Å². The Kier molecular flexibility index (Phi) is 5.45. The number of carbonyl (C=O) groups is 1. The molecule has 1 aliphatic heterocycles. The van der Waals surface area contributed by atoms with E-state index in [0.29, 0.717) is 13.2 Å². The summed E-state index contributed by atoms with van der Waals surface area (Å²) in [5.74, 6) is -0.289. The molecule has 0 N–H and O–H groups in total. The Morgan fingerprint density at radius 2 is 1.83 bits per heavy atom. The van der Waals surface area contributed by atoms with Gasteiger partial charge in [-0.05, 0) is 18.1 Å². The van der Waals surface area contributed by atoms with Crippen LogP contribution in [0.3, 0.4) is 0 Å². The van der Waals surface area contributed by atoms with Crippen LogP contribution >= 0.6 is 7.60 Å². The van der Waals surface area contributed by atoms with Crippen molar-refractivity contribution < 1.29 is 18.4 Å². The molecule has 1 saturated heterocycles. The van der Waals surface area contributed by atoms with Crippen LogP contribution in [0.1, 0.15) is 26.3 Å². The second-order valence-corrected chi connectivity index (χ2v) is 8.72. The van der Waals surface area contributed by atoms with Crippen molar-refractivity contribution in [1.82, 2.24) is 4.90 Å². The van der Waals surface area contributed by atoms with E-state index >= 15 is 0 Å². The molecule has 0 unspecified atom stereocenters. The Morgan fingerprint density at radius 1 is 1.26 bits per heavy atom. The third kappa shape index (κ3) is 5.03. The summed E-state index contributed by atoms with van der Waals surface area (Å²) in [7, 11) is -1.69. The van der Waals surface area contributed by atoms with E-state index in [4.69, 9.17) is 9.05 Å². The number of hydrogen-bond acceptors (Lipinski definition) is 4. The first-order valence-corrected chi connectivity index (χ1v) is 9.31. The van der Waals surface area contributed by atoms with Gasteiger partial charge in [-0.1, -0.05) is 44.2 Å². The maximum Gasteiger partial charge on any atom is 0.340 e. The topological polar surface area (TPSA) is 55.8 Å². The van der Waals surface area contributed by atoms with Crippen LogP contribution < -0.4 is 0 Å². The quantitative estimate of drug-likeness (QED) is 0.785. The van der Waals surface area contributed by atoms with Crippen LogP contribution in [0.4, 0.5) is 0 Å². The predicted octanol–water partition coefficient (Wildman–Crippen LogP) is 3.77. The van der Waals surface area contributed by atoms with Crippen LogP contribution in [0, 0.1) is 5.41 Å². The maximum absolute atomic E-state index is 12.5. The van der Waals surface area contributed by atoms with Crippen molar-refractivity contribution in [2.75, 3.05) is 26.4 Å². The summed E-state index contributed by atoms with van der Waals surface area (Å²) in [6, 6.07) is 9.77. The van der Waals surface area contributed by atoms with E-state index < -0.39 is 7.60 Å². The van der Waals surface area contributed by atoms with Crippen molar-refractivity contribution in [3.63, 3.8) is 0 Å². The molecular weight excluding hydrogens is 313 g/mol. The Labute approximate surface area is 137 Å². The second-order valence-electron chi connectivity index (χ2n) is 6.66. The summed E-state index contributed by atoms with van der Waals surface area (Å²) in [5, 5.41) is 0. The third-order valence-electron chi connectivity index (χ3n) is 3.64. The van der Waals surface area contributed by atoms with E-state index in [0.717, 1.165) is 11.1 Å². The molecule has 2 rings (SSSR count). The molecule has 0 saturated carbocycles. The summed E-state index contributed by atoms with van der Waals surface area (Å²) in [4.78, 5) is 13.7. The first-order chi connectivity index (χ1) is 10.7. The Balaban J connectivity index is 1.99. The first-order valence-electron chi connectivity index (χ1n) is 7.58. The molecular formula is C17H24NO4P. The van der Waals surface area contributed by atoms with E-state index in [1.807, 2.05) is 51.1 Å². The summed E-state index contributed by atoms with van der Waals surface area (Å²) in [6.45, 7) is 6.53. The van der Waals surface area contributed by atoms with Crippen molar-refractivity contribution in [2.24, 2.45) is 5.41 Å². The van der Waals surface area contributed by atoms with Gasteiger partial charge in [-0.15, -0.1) is 0 Å². The lowest BCUT2D eigenvalue weighted by molar-refractivity contribution is -0.125. The largest absolute Gasteiger partial charge is 0.340 e. The molecule has 1 aliphatic rings. The highest BCUT2D eigenvalue weighted by Crippen LogP contribution is 2.53. The Bertz CT molecular complexity index is 625. The third-order valence-corrected chi connectivity index (χ3v) is 5.35. The summed E-state index contributed by atoms with van der Waals surface area (Å²) < 4.78 is 23.2. The molecule has 1 amide bonds. The van der Waals surface area contributed by atoms with Crippen molar-refractivity contribution in [1.29, 1.82) is 0 Å². The number of nitrogens with zero attached hydrogens (tertiary/aromatic N) is 1. The van der Waals surface area contributed by atoms with Crippen LogP contribution in [0.5, 0.6) is 0 Å². The summed E-state index contributed by atoms with van der Waals surface area (Å²) >= 11 is 0. The van der Waals surface area contributed by atoms with E-state index in [-0.39, 0.29) is 17.5 Å². The van der Waals surface area contributed by atoms with Gasteiger partial charge >= 0.3 is 7.60 Å². The lowest BCUT2D eigenvalue weighted by atomic mass is 9.97. The molecule has 1 heterocycles. The fourth-order valence-corrected chi connectivity index (χ4v) is 4.04. The van der Waals surface area contributed by atoms with Gasteiger partial charge in [0.2, 0.25) is 5.91 Å². The zero-order valence-electron chi connectivity index (χ0n) is 14.1. The highest BCUT2D eigenvalue weighted by Gasteiger charge is 2.38. The number of rotatable bonds is 4. The molecule has 0 aliphatic carbocycles. The molecule has 6 heteroatoms. The smallest absolute Gasteiger partial charge is 0.321 e. The van der Waals surface area contributed by atoms with E-state index in [1.54, 1.807) is 13.2 Å². The maximum atomic E-state index is 12.5. The lowest BCUT2D eigenvalue weighted by Crippen LogP contribution is -2.33. The molecule has 0 atom stereocenters. The van der Waals surface area contributed by atoms with Crippen molar-refractivity contribution in [2.45, 2.75) is 20.8 Å². The number of amides is 1. The molecule has 0 spiro atoms. The predicted molar refractivity (Wildman–Crippen MR) is 91.0 cm³/mol. The molecule has 0 bridgehead atoms. The highest BCUT2D eigenvalue weighted by atomic mass is 31.2. The minimum atomic E-state index is -3.34. The van der Waals surface area contributed by atoms with Gasteiger partial charge in [0.1, 0.15) is 6.16 Å². The zero-order valence-corrected chi connectivity index (χ0v) is 15.0. The minimum Gasteiger partial charge on any atom is -0.321 e. The van der Waals surface area contributed by atoms with Gasteiger partial charge in [0.15, 0.2) is 0 Å². The van der Waals surface area contributed by atoms with Crippen LogP contribution in [0.25, 0.3) is 5.57 Å². The van der Waals surface area contributed by atoms with Crippen LogP contribution in [-0.4, -0.2) is 37.2 Å². The molecule has 126 valence electrons.